The first-order valence-corrected chi connectivity index (χ1v) is 7.92. The van der Waals surface area contributed by atoms with Crippen molar-refractivity contribution in [2.75, 3.05) is 20.1 Å². The lowest BCUT2D eigenvalue weighted by atomic mass is 10.2. The van der Waals surface area contributed by atoms with Gasteiger partial charge in [-0.15, -0.1) is 0 Å². The van der Waals surface area contributed by atoms with E-state index >= 15 is 0 Å². The lowest BCUT2D eigenvalue weighted by Crippen LogP contribution is -2.44. The maximum Gasteiger partial charge on any atom is 0.390 e. The van der Waals surface area contributed by atoms with Crippen molar-refractivity contribution in [1.29, 1.82) is 0 Å². The minimum Gasteiger partial charge on any atom is -0.314 e. The number of hydrogen-bond acceptors (Lipinski definition) is 3. The van der Waals surface area contributed by atoms with Crippen LogP contribution in [0.15, 0.2) is 0 Å². The third-order valence-electron chi connectivity index (χ3n) is 2.50. The maximum absolute atomic E-state index is 12.1. The minimum absolute atomic E-state index is 0.244. The average Bonchev–Trinajstić information content (AvgIpc) is 2.19. The van der Waals surface area contributed by atoms with Gasteiger partial charge >= 0.3 is 6.18 Å². The van der Waals surface area contributed by atoms with E-state index in [1.807, 2.05) is 18.6 Å². The van der Waals surface area contributed by atoms with E-state index in [2.05, 4.69) is 5.32 Å². The van der Waals surface area contributed by atoms with E-state index in [-0.39, 0.29) is 6.54 Å². The summed E-state index contributed by atoms with van der Waals surface area (Å²) in [5.41, 5.74) is 0. The van der Waals surface area contributed by atoms with E-state index in [0.717, 1.165) is 4.31 Å². The zero-order valence-electron chi connectivity index (χ0n) is 12.3. The summed E-state index contributed by atoms with van der Waals surface area (Å²) in [7, 11) is -2.53. The standard InChI is InChI=1S/C11H24F3N3O2S/c1-9(2)15-6-5-7-17(4)20(18,19)16-10(3)8-11(12,13)14/h9-10,15-16H,5-8H2,1-4H3. The Morgan fingerprint density at radius 1 is 1.20 bits per heavy atom. The van der Waals surface area contributed by atoms with E-state index in [1.54, 1.807) is 0 Å². The molecule has 0 aromatic rings. The highest BCUT2D eigenvalue weighted by molar-refractivity contribution is 7.87. The molecule has 0 aliphatic heterocycles. The van der Waals surface area contributed by atoms with Crippen LogP contribution in [0, 0.1) is 0 Å². The van der Waals surface area contributed by atoms with Crippen molar-refractivity contribution < 1.29 is 21.6 Å². The van der Waals surface area contributed by atoms with Gasteiger partial charge in [0.05, 0.1) is 6.42 Å². The summed E-state index contributed by atoms with van der Waals surface area (Å²) in [6.07, 6.45) is -4.99. The molecule has 5 nitrogen and oxygen atoms in total. The molecule has 0 aliphatic carbocycles. The van der Waals surface area contributed by atoms with Crippen molar-refractivity contribution in [1.82, 2.24) is 14.3 Å². The van der Waals surface area contributed by atoms with Gasteiger partial charge < -0.3 is 5.32 Å². The third-order valence-corrected chi connectivity index (χ3v) is 4.20. The fourth-order valence-corrected chi connectivity index (χ4v) is 2.69. The van der Waals surface area contributed by atoms with E-state index < -0.39 is 28.8 Å². The first-order valence-electron chi connectivity index (χ1n) is 6.48. The monoisotopic (exact) mass is 319 g/mol. The predicted molar refractivity (Wildman–Crippen MR) is 72.6 cm³/mol. The number of halogens is 3. The molecular weight excluding hydrogens is 295 g/mol. The van der Waals surface area contributed by atoms with Crippen molar-refractivity contribution in [2.24, 2.45) is 0 Å². The Morgan fingerprint density at radius 3 is 2.20 bits per heavy atom. The van der Waals surface area contributed by atoms with Crippen LogP contribution in [-0.4, -0.2) is 51.1 Å². The van der Waals surface area contributed by atoms with Crippen LogP contribution in [0.5, 0.6) is 0 Å². The van der Waals surface area contributed by atoms with Crippen LogP contribution in [0.1, 0.15) is 33.6 Å². The van der Waals surface area contributed by atoms with E-state index in [9.17, 15) is 21.6 Å². The molecule has 0 aliphatic rings. The highest BCUT2D eigenvalue weighted by Gasteiger charge is 2.32. The molecule has 1 unspecified atom stereocenters. The second kappa shape index (κ2) is 8.16. The van der Waals surface area contributed by atoms with Crippen LogP contribution in [0.25, 0.3) is 0 Å². The number of nitrogens with zero attached hydrogens (tertiary/aromatic N) is 1. The van der Waals surface area contributed by atoms with Gasteiger partial charge in [-0.05, 0) is 19.9 Å². The Morgan fingerprint density at radius 2 is 1.75 bits per heavy atom. The molecule has 122 valence electrons. The molecule has 1 atom stereocenters. The smallest absolute Gasteiger partial charge is 0.314 e. The summed E-state index contributed by atoms with van der Waals surface area (Å²) >= 11 is 0. The lowest BCUT2D eigenvalue weighted by Gasteiger charge is -2.22. The van der Waals surface area contributed by atoms with Crippen LogP contribution >= 0.6 is 0 Å². The van der Waals surface area contributed by atoms with E-state index in [0.29, 0.717) is 19.0 Å². The number of rotatable bonds is 9. The average molecular weight is 319 g/mol. The second-order valence-electron chi connectivity index (χ2n) is 5.13. The van der Waals surface area contributed by atoms with Crippen molar-refractivity contribution in [2.45, 2.75) is 51.9 Å². The fourth-order valence-electron chi connectivity index (χ4n) is 1.55. The Hall–Kier alpha value is -0.380. The first kappa shape index (κ1) is 19.6. The summed E-state index contributed by atoms with van der Waals surface area (Å²) in [4.78, 5) is 0. The van der Waals surface area contributed by atoms with Gasteiger partial charge in [0, 0.05) is 25.7 Å². The molecule has 0 spiro atoms. The molecule has 9 heteroatoms. The number of alkyl halides is 3. The first-order chi connectivity index (χ1) is 8.94. The van der Waals surface area contributed by atoms with Crippen LogP contribution in [0.3, 0.4) is 0 Å². The van der Waals surface area contributed by atoms with Crippen LogP contribution < -0.4 is 10.0 Å². The molecule has 0 saturated heterocycles. The zero-order chi connectivity index (χ0) is 16.0. The highest BCUT2D eigenvalue weighted by atomic mass is 32.2. The van der Waals surface area contributed by atoms with Gasteiger partial charge in [-0.25, -0.2) is 0 Å². The molecule has 0 saturated carbocycles. The SMILES string of the molecule is CC(C)NCCCN(C)S(=O)(=O)NC(C)CC(F)(F)F. The topological polar surface area (TPSA) is 61.4 Å². The molecule has 2 N–H and O–H groups in total. The summed E-state index contributed by atoms with van der Waals surface area (Å²) in [6, 6.07) is -0.877. The Bertz CT molecular complexity index is 372. The van der Waals surface area contributed by atoms with Crippen LogP contribution in [0.4, 0.5) is 13.2 Å². The van der Waals surface area contributed by atoms with E-state index in [1.165, 1.54) is 14.0 Å². The largest absolute Gasteiger partial charge is 0.390 e. The predicted octanol–water partition coefficient (Wildman–Crippen LogP) is 1.48. The van der Waals surface area contributed by atoms with Gasteiger partial charge in [-0.1, -0.05) is 13.8 Å². The van der Waals surface area contributed by atoms with Gasteiger partial charge in [-0.3, -0.25) is 0 Å². The molecule has 0 aromatic heterocycles. The molecular formula is C11H24F3N3O2S. The molecule has 0 heterocycles. The fraction of sp³-hybridized carbons (Fsp3) is 1.00. The van der Waals surface area contributed by atoms with Crippen molar-refractivity contribution in [3.8, 4) is 0 Å². The molecule has 0 bridgehead atoms. The number of nitrogens with one attached hydrogen (secondary N) is 2. The van der Waals surface area contributed by atoms with E-state index in [4.69, 9.17) is 0 Å². The highest BCUT2D eigenvalue weighted by Crippen LogP contribution is 2.21. The van der Waals surface area contributed by atoms with Gasteiger partial charge in [0.25, 0.3) is 10.2 Å². The normalized spacial score (nSPS) is 15.1. The molecule has 0 amide bonds. The van der Waals surface area contributed by atoms with Crippen molar-refractivity contribution in [3.63, 3.8) is 0 Å². The lowest BCUT2D eigenvalue weighted by molar-refractivity contribution is -0.137. The van der Waals surface area contributed by atoms with Gasteiger partial charge in [0.2, 0.25) is 0 Å². The molecule has 0 radical (unpaired) electrons. The summed E-state index contributed by atoms with van der Waals surface area (Å²) in [5.74, 6) is 0. The summed E-state index contributed by atoms with van der Waals surface area (Å²) < 4.78 is 63.1. The van der Waals surface area contributed by atoms with Crippen LogP contribution in [-0.2, 0) is 10.2 Å². The molecule has 0 fully saturated rings. The molecule has 0 rings (SSSR count). The van der Waals surface area contributed by atoms with Crippen molar-refractivity contribution >= 4 is 10.2 Å². The number of hydrogen-bond donors (Lipinski definition) is 2. The van der Waals surface area contributed by atoms with Crippen molar-refractivity contribution in [3.05, 3.63) is 0 Å². The Balaban J connectivity index is 4.21. The zero-order valence-corrected chi connectivity index (χ0v) is 13.1. The minimum atomic E-state index is -4.39. The Labute approximate surface area is 119 Å². The van der Waals surface area contributed by atoms with Gasteiger partial charge in [-0.2, -0.15) is 30.6 Å². The second-order valence-corrected chi connectivity index (χ2v) is 6.94. The molecule has 20 heavy (non-hydrogen) atoms. The molecule has 0 aromatic carbocycles. The summed E-state index contributed by atoms with van der Waals surface area (Å²) in [6.45, 7) is 6.03. The Kier molecular flexibility index (Phi) is 8.00. The third kappa shape index (κ3) is 9.51. The maximum atomic E-state index is 12.1. The van der Waals surface area contributed by atoms with Gasteiger partial charge in [0.1, 0.15) is 0 Å². The van der Waals surface area contributed by atoms with Crippen LogP contribution in [0.2, 0.25) is 0 Å². The van der Waals surface area contributed by atoms with Gasteiger partial charge in [0.15, 0.2) is 0 Å². The summed E-state index contributed by atoms with van der Waals surface area (Å²) in [5, 5.41) is 3.13. The quantitative estimate of drug-likeness (QED) is 0.633.